The fourth-order valence-corrected chi connectivity index (χ4v) is 5.08. The number of piperidine rings is 1. The number of ketones is 1. The molecular weight excluding hydrogens is 396 g/mol. The Hall–Kier alpha value is -1.88. The number of hydrogen-bond donors (Lipinski definition) is 2. The first-order chi connectivity index (χ1) is 14.1. The number of benzene rings is 2. The second kappa shape index (κ2) is 9.09. The number of halogens is 1. The molecule has 30 heavy (non-hydrogen) atoms. The molecule has 0 spiro atoms. The third-order valence-corrected chi connectivity index (χ3v) is 5.81. The highest BCUT2D eigenvalue weighted by Gasteiger charge is 2.38. The molecule has 0 saturated carbocycles. The molecular formula is C25H33ClN2O2. The molecule has 3 rings (SSSR count). The molecule has 5 heteroatoms. The summed E-state index contributed by atoms with van der Waals surface area (Å²) in [5, 5.41) is 7.25. The van der Waals surface area contributed by atoms with Gasteiger partial charge >= 0.3 is 0 Å². The summed E-state index contributed by atoms with van der Waals surface area (Å²) in [6.45, 7) is 9.60. The van der Waals surface area contributed by atoms with Gasteiger partial charge in [-0.15, -0.1) is 0 Å². The van der Waals surface area contributed by atoms with Crippen molar-refractivity contribution in [1.82, 2.24) is 10.6 Å². The van der Waals surface area contributed by atoms with Crippen LogP contribution in [0.1, 0.15) is 62.9 Å². The predicted molar refractivity (Wildman–Crippen MR) is 124 cm³/mol. The van der Waals surface area contributed by atoms with Crippen LogP contribution < -0.4 is 15.4 Å². The van der Waals surface area contributed by atoms with Crippen LogP contribution in [0, 0.1) is 5.92 Å². The molecule has 0 aromatic heterocycles. The van der Waals surface area contributed by atoms with Gasteiger partial charge in [-0.25, -0.2) is 0 Å². The maximum Gasteiger partial charge on any atom is 0.163 e. The Kier molecular flexibility index (Phi) is 6.91. The van der Waals surface area contributed by atoms with Gasteiger partial charge in [0, 0.05) is 29.6 Å². The van der Waals surface area contributed by atoms with E-state index in [1.807, 2.05) is 37.4 Å². The summed E-state index contributed by atoms with van der Waals surface area (Å²) in [5.74, 6) is 1.77. The topological polar surface area (TPSA) is 50.4 Å². The standard InChI is InChI=1S/C25H33ClN2O2/c1-24(2)14-18(15-25(3,4)28-24)12-22(29)19-9-10-23(21(26)13-19)30-20-8-6-7-17(11-20)16-27-5/h6-11,13,18,27-28H,12,14-16H2,1-5H3. The summed E-state index contributed by atoms with van der Waals surface area (Å²) in [7, 11) is 1.91. The second-order valence-electron chi connectivity index (χ2n) is 9.72. The molecule has 0 unspecified atom stereocenters. The third kappa shape index (κ3) is 6.07. The van der Waals surface area contributed by atoms with E-state index in [9.17, 15) is 4.79 Å². The molecule has 0 bridgehead atoms. The van der Waals surface area contributed by atoms with Crippen LogP contribution in [-0.2, 0) is 6.54 Å². The Morgan fingerprint density at radius 3 is 2.47 bits per heavy atom. The number of hydrogen-bond acceptors (Lipinski definition) is 4. The monoisotopic (exact) mass is 428 g/mol. The van der Waals surface area contributed by atoms with E-state index in [1.54, 1.807) is 12.1 Å². The molecule has 0 aliphatic carbocycles. The average Bonchev–Trinajstić information content (AvgIpc) is 2.61. The van der Waals surface area contributed by atoms with Crippen molar-refractivity contribution in [3.8, 4) is 11.5 Å². The predicted octanol–water partition coefficient (Wildman–Crippen LogP) is 5.98. The Morgan fingerprint density at radius 1 is 1.13 bits per heavy atom. The second-order valence-corrected chi connectivity index (χ2v) is 10.1. The van der Waals surface area contributed by atoms with Crippen molar-refractivity contribution in [2.24, 2.45) is 5.92 Å². The Labute approximate surface area is 185 Å². The number of rotatable bonds is 7. The minimum absolute atomic E-state index is 0.0316. The van der Waals surface area contributed by atoms with Gasteiger partial charge < -0.3 is 15.4 Å². The Bertz CT molecular complexity index is 892. The van der Waals surface area contributed by atoms with Crippen LogP contribution in [0.2, 0.25) is 5.02 Å². The van der Waals surface area contributed by atoms with Gasteiger partial charge in [0.25, 0.3) is 0 Å². The van der Waals surface area contributed by atoms with Gasteiger partial charge in [0.1, 0.15) is 11.5 Å². The first-order valence-corrected chi connectivity index (χ1v) is 11.0. The van der Waals surface area contributed by atoms with E-state index in [2.05, 4.69) is 38.3 Å². The van der Waals surface area contributed by atoms with Gasteiger partial charge in [0.2, 0.25) is 0 Å². The van der Waals surface area contributed by atoms with Crippen LogP contribution >= 0.6 is 11.6 Å². The molecule has 1 aliphatic rings. The highest BCUT2D eigenvalue weighted by atomic mass is 35.5. The summed E-state index contributed by atoms with van der Waals surface area (Å²) >= 11 is 6.46. The fraction of sp³-hybridized carbons (Fsp3) is 0.480. The maximum absolute atomic E-state index is 12.9. The molecule has 1 fully saturated rings. The van der Waals surface area contributed by atoms with Crippen LogP contribution in [0.15, 0.2) is 42.5 Å². The summed E-state index contributed by atoms with van der Waals surface area (Å²) in [6, 6.07) is 13.2. The van der Waals surface area contributed by atoms with Crippen LogP contribution in [0.3, 0.4) is 0 Å². The van der Waals surface area contributed by atoms with Crippen molar-refractivity contribution >= 4 is 17.4 Å². The molecule has 162 valence electrons. The van der Waals surface area contributed by atoms with E-state index in [1.165, 1.54) is 0 Å². The van der Waals surface area contributed by atoms with Gasteiger partial charge in [0.05, 0.1) is 5.02 Å². The third-order valence-electron chi connectivity index (χ3n) is 5.51. The smallest absolute Gasteiger partial charge is 0.163 e. The summed E-state index contributed by atoms with van der Waals surface area (Å²) in [5.41, 5.74) is 1.84. The minimum atomic E-state index is 0.0316. The zero-order valence-electron chi connectivity index (χ0n) is 18.6. The van der Waals surface area contributed by atoms with E-state index in [0.717, 1.165) is 30.7 Å². The van der Waals surface area contributed by atoms with Gasteiger partial charge in [-0.05, 0) is 89.4 Å². The molecule has 1 heterocycles. The molecule has 0 atom stereocenters. The highest BCUT2D eigenvalue weighted by Crippen LogP contribution is 2.36. The molecule has 4 nitrogen and oxygen atoms in total. The van der Waals surface area contributed by atoms with Crippen molar-refractivity contribution < 1.29 is 9.53 Å². The highest BCUT2D eigenvalue weighted by molar-refractivity contribution is 6.32. The van der Waals surface area contributed by atoms with Crippen molar-refractivity contribution in [3.05, 3.63) is 58.6 Å². The Balaban J connectivity index is 1.69. The van der Waals surface area contributed by atoms with E-state index in [0.29, 0.717) is 28.7 Å². The molecule has 2 aromatic rings. The number of ether oxygens (including phenoxy) is 1. The lowest BCUT2D eigenvalue weighted by atomic mass is 9.74. The first-order valence-electron chi connectivity index (χ1n) is 10.6. The minimum Gasteiger partial charge on any atom is -0.456 e. The van der Waals surface area contributed by atoms with Gasteiger partial charge in [0.15, 0.2) is 5.78 Å². The van der Waals surface area contributed by atoms with Gasteiger partial charge in [-0.2, -0.15) is 0 Å². The lowest BCUT2D eigenvalue weighted by Gasteiger charge is -2.46. The van der Waals surface area contributed by atoms with Crippen molar-refractivity contribution in [1.29, 1.82) is 0 Å². The molecule has 2 aromatic carbocycles. The largest absolute Gasteiger partial charge is 0.456 e. The van der Waals surface area contributed by atoms with Crippen LogP contribution in [0.25, 0.3) is 0 Å². The summed E-state index contributed by atoms with van der Waals surface area (Å²) in [6.07, 6.45) is 2.51. The number of nitrogens with one attached hydrogen (secondary N) is 2. The first kappa shape index (κ1) is 22.8. The number of Topliss-reactive ketones (excluding diaryl/α,β-unsaturated/α-hetero) is 1. The van der Waals surface area contributed by atoms with E-state index >= 15 is 0 Å². The normalized spacial score (nSPS) is 18.2. The van der Waals surface area contributed by atoms with E-state index < -0.39 is 0 Å². The van der Waals surface area contributed by atoms with Crippen LogP contribution in [0.4, 0.5) is 0 Å². The number of carbonyl (C=O) groups excluding carboxylic acids is 1. The van der Waals surface area contributed by atoms with Crippen molar-refractivity contribution in [2.75, 3.05) is 7.05 Å². The van der Waals surface area contributed by atoms with Gasteiger partial charge in [-0.3, -0.25) is 4.79 Å². The molecule has 1 saturated heterocycles. The fourth-order valence-electron chi connectivity index (χ4n) is 4.87. The van der Waals surface area contributed by atoms with E-state index in [-0.39, 0.29) is 16.9 Å². The number of carbonyl (C=O) groups is 1. The zero-order chi connectivity index (χ0) is 21.9. The summed E-state index contributed by atoms with van der Waals surface area (Å²) < 4.78 is 5.96. The maximum atomic E-state index is 12.9. The van der Waals surface area contributed by atoms with Crippen molar-refractivity contribution in [2.45, 2.75) is 64.6 Å². The Morgan fingerprint density at radius 2 is 1.83 bits per heavy atom. The van der Waals surface area contributed by atoms with Gasteiger partial charge in [-0.1, -0.05) is 23.7 Å². The lowest BCUT2D eigenvalue weighted by molar-refractivity contribution is 0.0864. The zero-order valence-corrected chi connectivity index (χ0v) is 19.4. The molecule has 1 aliphatic heterocycles. The van der Waals surface area contributed by atoms with E-state index in [4.69, 9.17) is 16.3 Å². The van der Waals surface area contributed by atoms with Crippen molar-refractivity contribution in [3.63, 3.8) is 0 Å². The average molecular weight is 429 g/mol. The SMILES string of the molecule is CNCc1cccc(Oc2ccc(C(=O)CC3CC(C)(C)NC(C)(C)C3)cc2Cl)c1. The lowest BCUT2D eigenvalue weighted by Crippen LogP contribution is -2.57. The molecule has 0 radical (unpaired) electrons. The molecule has 2 N–H and O–H groups in total. The van der Waals surface area contributed by atoms with Crippen LogP contribution in [0.5, 0.6) is 11.5 Å². The van der Waals surface area contributed by atoms with Crippen LogP contribution in [-0.4, -0.2) is 23.9 Å². The summed E-state index contributed by atoms with van der Waals surface area (Å²) in [4.78, 5) is 12.9. The quantitative estimate of drug-likeness (QED) is 0.532. The molecule has 0 amide bonds.